The SMILES string of the molecule is CC.O=C(Nc1ccccc1Cl)c1cnc(Cl)cc1Cl. The summed E-state index contributed by atoms with van der Waals surface area (Å²) in [5.41, 5.74) is 0.746. The van der Waals surface area contributed by atoms with E-state index in [2.05, 4.69) is 10.3 Å². The van der Waals surface area contributed by atoms with Crippen LogP contribution < -0.4 is 5.32 Å². The van der Waals surface area contributed by atoms with Crippen LogP contribution in [0, 0.1) is 0 Å². The first-order chi connectivity index (χ1) is 9.58. The lowest BCUT2D eigenvalue weighted by molar-refractivity contribution is 0.102. The molecule has 0 aliphatic carbocycles. The second-order valence-corrected chi connectivity index (χ2v) is 4.62. The zero-order valence-corrected chi connectivity index (χ0v) is 13.2. The molecule has 2 rings (SSSR count). The molecule has 2 aromatic rings. The summed E-state index contributed by atoms with van der Waals surface area (Å²) in [5, 5.41) is 3.56. The second kappa shape index (κ2) is 8.10. The van der Waals surface area contributed by atoms with E-state index in [1.165, 1.54) is 12.3 Å². The second-order valence-electron chi connectivity index (χ2n) is 3.42. The van der Waals surface area contributed by atoms with Gasteiger partial charge in [0.2, 0.25) is 0 Å². The first-order valence-electron chi connectivity index (χ1n) is 5.95. The third kappa shape index (κ3) is 4.37. The van der Waals surface area contributed by atoms with Crippen molar-refractivity contribution in [1.29, 1.82) is 0 Å². The van der Waals surface area contributed by atoms with Crippen LogP contribution in [0.3, 0.4) is 0 Å². The first kappa shape index (κ1) is 16.8. The van der Waals surface area contributed by atoms with Crippen molar-refractivity contribution in [2.45, 2.75) is 13.8 Å². The summed E-state index contributed by atoms with van der Waals surface area (Å²) in [6, 6.07) is 8.32. The van der Waals surface area contributed by atoms with Gasteiger partial charge in [0, 0.05) is 6.20 Å². The fourth-order valence-electron chi connectivity index (χ4n) is 1.33. The molecule has 0 radical (unpaired) electrons. The van der Waals surface area contributed by atoms with E-state index in [1.807, 2.05) is 13.8 Å². The van der Waals surface area contributed by atoms with E-state index in [4.69, 9.17) is 34.8 Å². The number of hydrogen-bond donors (Lipinski definition) is 1. The van der Waals surface area contributed by atoms with Crippen molar-refractivity contribution >= 4 is 46.4 Å². The highest BCUT2D eigenvalue weighted by molar-refractivity contribution is 6.37. The summed E-state index contributed by atoms with van der Waals surface area (Å²) in [5.74, 6) is -0.391. The number of nitrogens with zero attached hydrogens (tertiary/aromatic N) is 1. The average Bonchev–Trinajstić information content (AvgIpc) is 2.43. The summed E-state index contributed by atoms with van der Waals surface area (Å²) in [6.07, 6.45) is 1.32. The van der Waals surface area contributed by atoms with Gasteiger partial charge in [0.1, 0.15) is 5.15 Å². The van der Waals surface area contributed by atoms with E-state index in [1.54, 1.807) is 24.3 Å². The number of hydrogen-bond acceptors (Lipinski definition) is 2. The number of carbonyl (C=O) groups excluding carboxylic acids is 1. The van der Waals surface area contributed by atoms with Gasteiger partial charge in [0.25, 0.3) is 5.91 Å². The molecule has 6 heteroatoms. The monoisotopic (exact) mass is 330 g/mol. The molecule has 1 aromatic carbocycles. The quantitative estimate of drug-likeness (QED) is 0.757. The topological polar surface area (TPSA) is 42.0 Å². The van der Waals surface area contributed by atoms with Gasteiger partial charge in [-0.15, -0.1) is 0 Å². The number of aromatic nitrogens is 1. The van der Waals surface area contributed by atoms with Gasteiger partial charge in [-0.3, -0.25) is 4.79 Å². The highest BCUT2D eigenvalue weighted by atomic mass is 35.5. The third-order valence-corrected chi connectivity index (χ3v) is 3.04. The van der Waals surface area contributed by atoms with E-state index in [0.717, 1.165) is 0 Å². The normalized spacial score (nSPS) is 9.45. The number of nitrogens with one attached hydrogen (secondary N) is 1. The van der Waals surface area contributed by atoms with E-state index in [-0.39, 0.29) is 15.7 Å². The first-order valence-corrected chi connectivity index (χ1v) is 7.08. The minimum Gasteiger partial charge on any atom is -0.321 e. The summed E-state index contributed by atoms with van der Waals surface area (Å²) < 4.78 is 0. The molecule has 106 valence electrons. The minimum absolute atomic E-state index is 0.231. The van der Waals surface area contributed by atoms with Gasteiger partial charge in [-0.25, -0.2) is 4.98 Å². The molecule has 0 spiro atoms. The zero-order chi connectivity index (χ0) is 15.1. The Morgan fingerprint density at radius 3 is 2.35 bits per heavy atom. The van der Waals surface area contributed by atoms with Gasteiger partial charge in [0.05, 0.1) is 21.3 Å². The van der Waals surface area contributed by atoms with Crippen LogP contribution in [-0.4, -0.2) is 10.9 Å². The van der Waals surface area contributed by atoms with Crippen molar-refractivity contribution in [1.82, 2.24) is 4.98 Å². The molecule has 1 heterocycles. The predicted octanol–water partition coefficient (Wildman–Crippen LogP) is 5.32. The minimum atomic E-state index is -0.391. The Hall–Kier alpha value is -1.29. The molecule has 0 bridgehead atoms. The lowest BCUT2D eigenvalue weighted by atomic mass is 10.2. The van der Waals surface area contributed by atoms with Gasteiger partial charge in [-0.1, -0.05) is 60.8 Å². The number of benzene rings is 1. The summed E-state index contributed by atoms with van der Waals surface area (Å²) in [6.45, 7) is 4.00. The molecule has 0 atom stereocenters. The van der Waals surface area contributed by atoms with Crippen molar-refractivity contribution in [3.05, 3.63) is 57.3 Å². The number of anilines is 1. The molecule has 1 N–H and O–H groups in total. The van der Waals surface area contributed by atoms with Gasteiger partial charge in [-0.05, 0) is 18.2 Å². The largest absolute Gasteiger partial charge is 0.321 e. The van der Waals surface area contributed by atoms with Crippen LogP contribution in [0.1, 0.15) is 24.2 Å². The Kier molecular flexibility index (Phi) is 6.79. The Morgan fingerprint density at radius 2 is 1.75 bits per heavy atom. The maximum absolute atomic E-state index is 12.0. The van der Waals surface area contributed by atoms with Crippen LogP contribution in [-0.2, 0) is 0 Å². The average molecular weight is 332 g/mol. The predicted molar refractivity (Wildman–Crippen MR) is 85.0 cm³/mol. The van der Waals surface area contributed by atoms with Crippen LogP contribution in [0.2, 0.25) is 15.2 Å². The number of amides is 1. The molecule has 0 saturated heterocycles. The molecule has 0 fully saturated rings. The molecule has 20 heavy (non-hydrogen) atoms. The van der Waals surface area contributed by atoms with Crippen molar-refractivity contribution in [2.75, 3.05) is 5.32 Å². The van der Waals surface area contributed by atoms with E-state index in [0.29, 0.717) is 10.7 Å². The maximum atomic E-state index is 12.0. The van der Waals surface area contributed by atoms with Crippen LogP contribution in [0.25, 0.3) is 0 Å². The Balaban J connectivity index is 0.000000956. The summed E-state index contributed by atoms with van der Waals surface area (Å²) in [7, 11) is 0. The van der Waals surface area contributed by atoms with Gasteiger partial charge in [0.15, 0.2) is 0 Å². The molecule has 1 aromatic heterocycles. The van der Waals surface area contributed by atoms with Crippen LogP contribution in [0.5, 0.6) is 0 Å². The Morgan fingerprint density at radius 1 is 1.10 bits per heavy atom. The van der Waals surface area contributed by atoms with Crippen molar-refractivity contribution in [3.63, 3.8) is 0 Å². The highest BCUT2D eigenvalue weighted by Crippen LogP contribution is 2.23. The van der Waals surface area contributed by atoms with Crippen LogP contribution >= 0.6 is 34.8 Å². The summed E-state index contributed by atoms with van der Waals surface area (Å²) >= 11 is 17.5. The van der Waals surface area contributed by atoms with Crippen molar-refractivity contribution in [3.8, 4) is 0 Å². The third-order valence-electron chi connectivity index (χ3n) is 2.19. The fourth-order valence-corrected chi connectivity index (χ4v) is 1.96. The molecule has 0 aliphatic heterocycles. The molecular weight excluding hydrogens is 319 g/mol. The van der Waals surface area contributed by atoms with Crippen molar-refractivity contribution < 1.29 is 4.79 Å². The van der Waals surface area contributed by atoms with Crippen LogP contribution in [0.15, 0.2) is 36.5 Å². The molecule has 0 aliphatic rings. The lowest BCUT2D eigenvalue weighted by Gasteiger charge is -2.07. The lowest BCUT2D eigenvalue weighted by Crippen LogP contribution is -2.13. The van der Waals surface area contributed by atoms with E-state index < -0.39 is 5.91 Å². The molecule has 3 nitrogen and oxygen atoms in total. The number of para-hydroxylation sites is 1. The summed E-state index contributed by atoms with van der Waals surface area (Å²) in [4.78, 5) is 15.8. The smallest absolute Gasteiger partial charge is 0.258 e. The number of rotatable bonds is 2. The molecular formula is C14H13Cl3N2O. The molecule has 0 saturated carbocycles. The molecule has 1 amide bonds. The number of carbonyl (C=O) groups is 1. The van der Waals surface area contributed by atoms with E-state index in [9.17, 15) is 4.79 Å². The van der Waals surface area contributed by atoms with Gasteiger partial charge >= 0.3 is 0 Å². The standard InChI is InChI=1S/C12H7Cl3N2O.C2H6/c13-8-3-1-2-4-10(8)17-12(18)7-6-16-11(15)5-9(7)14;1-2/h1-6H,(H,17,18);1-2H3. The maximum Gasteiger partial charge on any atom is 0.258 e. The van der Waals surface area contributed by atoms with Gasteiger partial charge < -0.3 is 5.32 Å². The fraction of sp³-hybridized carbons (Fsp3) is 0.143. The molecule has 0 unspecified atom stereocenters. The Labute approximate surface area is 132 Å². The number of pyridine rings is 1. The van der Waals surface area contributed by atoms with E-state index >= 15 is 0 Å². The number of halogens is 3. The van der Waals surface area contributed by atoms with Gasteiger partial charge in [-0.2, -0.15) is 0 Å². The highest BCUT2D eigenvalue weighted by Gasteiger charge is 2.12. The Bertz CT molecular complexity index is 603. The zero-order valence-electron chi connectivity index (χ0n) is 11.0. The van der Waals surface area contributed by atoms with Crippen LogP contribution in [0.4, 0.5) is 5.69 Å². The van der Waals surface area contributed by atoms with Crippen molar-refractivity contribution in [2.24, 2.45) is 0 Å².